The van der Waals surface area contributed by atoms with Gasteiger partial charge in [-0.15, -0.1) is 24.0 Å². The van der Waals surface area contributed by atoms with E-state index in [0.717, 1.165) is 58.4 Å². The monoisotopic (exact) mass is 439 g/mol. The van der Waals surface area contributed by atoms with E-state index in [4.69, 9.17) is 9.73 Å². The van der Waals surface area contributed by atoms with Crippen LogP contribution in [-0.2, 0) is 4.74 Å². The first-order valence-electron chi connectivity index (χ1n) is 8.55. The van der Waals surface area contributed by atoms with E-state index in [2.05, 4.69) is 41.0 Å². The molecule has 0 amide bonds. The van der Waals surface area contributed by atoms with E-state index in [1.807, 2.05) is 0 Å². The van der Waals surface area contributed by atoms with Gasteiger partial charge in [-0.3, -0.25) is 9.89 Å². The Morgan fingerprint density at radius 2 is 2.00 bits per heavy atom. The van der Waals surface area contributed by atoms with Gasteiger partial charge in [0, 0.05) is 58.3 Å². The number of aliphatic imine (C=N–C) groups is 1. The van der Waals surface area contributed by atoms with E-state index >= 15 is 0 Å². The molecule has 2 aliphatic heterocycles. The number of piperazine rings is 1. The molecule has 0 aromatic heterocycles. The van der Waals surface area contributed by atoms with E-state index in [1.165, 1.54) is 6.42 Å². The summed E-state index contributed by atoms with van der Waals surface area (Å²) in [4.78, 5) is 12.1. The smallest absolute Gasteiger partial charge is 0.193 e. The van der Waals surface area contributed by atoms with Gasteiger partial charge in [0.1, 0.15) is 0 Å². The molecule has 7 heteroatoms. The average Bonchev–Trinajstić information content (AvgIpc) is 2.95. The molecule has 23 heavy (non-hydrogen) atoms. The van der Waals surface area contributed by atoms with Crippen LogP contribution in [0.15, 0.2) is 4.99 Å². The molecule has 2 fully saturated rings. The van der Waals surface area contributed by atoms with Gasteiger partial charge < -0.3 is 19.9 Å². The molecule has 0 aliphatic carbocycles. The van der Waals surface area contributed by atoms with Crippen LogP contribution in [0.25, 0.3) is 0 Å². The predicted molar refractivity (Wildman–Crippen MR) is 107 cm³/mol. The van der Waals surface area contributed by atoms with Crippen molar-refractivity contribution in [2.45, 2.75) is 19.4 Å². The maximum absolute atomic E-state index is 5.30. The molecule has 2 rings (SSSR count). The van der Waals surface area contributed by atoms with Gasteiger partial charge in [0.15, 0.2) is 5.96 Å². The fraction of sp³-hybridized carbons (Fsp3) is 0.938. The molecular weight excluding hydrogens is 405 g/mol. The summed E-state index contributed by atoms with van der Waals surface area (Å²) in [7, 11) is 6.20. The van der Waals surface area contributed by atoms with Crippen molar-refractivity contribution in [3.63, 3.8) is 0 Å². The van der Waals surface area contributed by atoms with Crippen LogP contribution in [0.1, 0.15) is 13.3 Å². The van der Waals surface area contributed by atoms with Crippen molar-refractivity contribution in [3.8, 4) is 0 Å². The zero-order valence-electron chi connectivity index (χ0n) is 15.1. The molecule has 0 aromatic carbocycles. The quantitative estimate of drug-likeness (QED) is 0.390. The Kier molecular flexibility index (Phi) is 9.72. The molecule has 2 atom stereocenters. The molecule has 0 saturated carbocycles. The molecule has 2 aliphatic rings. The van der Waals surface area contributed by atoms with Crippen LogP contribution in [0.5, 0.6) is 0 Å². The second kappa shape index (κ2) is 10.7. The number of guanidine groups is 1. The van der Waals surface area contributed by atoms with Crippen LogP contribution in [0.4, 0.5) is 0 Å². The van der Waals surface area contributed by atoms with Gasteiger partial charge in [0.25, 0.3) is 0 Å². The van der Waals surface area contributed by atoms with Crippen molar-refractivity contribution in [3.05, 3.63) is 0 Å². The summed E-state index contributed by atoms with van der Waals surface area (Å²) < 4.78 is 5.30. The van der Waals surface area contributed by atoms with Crippen molar-refractivity contribution >= 4 is 29.9 Å². The standard InChI is InChI=1S/C16H33N5O.HI/c1-5-17-16(21-7-6-14(11-21)13-22-4)18-10-15-12-19(2)8-9-20(15)3;/h14-15H,5-13H2,1-4H3,(H,17,18);1H. The highest BCUT2D eigenvalue weighted by Crippen LogP contribution is 2.16. The minimum atomic E-state index is 0. The lowest BCUT2D eigenvalue weighted by atomic mass is 10.1. The Bertz CT molecular complexity index is 368. The van der Waals surface area contributed by atoms with Gasteiger partial charge >= 0.3 is 0 Å². The number of rotatable bonds is 5. The highest BCUT2D eigenvalue weighted by molar-refractivity contribution is 14.0. The summed E-state index contributed by atoms with van der Waals surface area (Å²) in [5, 5.41) is 3.46. The number of methoxy groups -OCH3 is 1. The molecule has 0 aromatic rings. The van der Waals surface area contributed by atoms with E-state index in [-0.39, 0.29) is 24.0 Å². The molecule has 2 saturated heterocycles. The average molecular weight is 439 g/mol. The summed E-state index contributed by atoms with van der Waals surface area (Å²) in [5.41, 5.74) is 0. The number of hydrogen-bond donors (Lipinski definition) is 1. The Hall–Kier alpha value is -0.120. The van der Waals surface area contributed by atoms with Crippen molar-refractivity contribution < 1.29 is 4.74 Å². The molecular formula is C16H34IN5O. The lowest BCUT2D eigenvalue weighted by Gasteiger charge is -2.37. The zero-order chi connectivity index (χ0) is 15.9. The van der Waals surface area contributed by atoms with Crippen LogP contribution in [0.3, 0.4) is 0 Å². The number of nitrogens with one attached hydrogen (secondary N) is 1. The van der Waals surface area contributed by atoms with Gasteiger partial charge in [-0.25, -0.2) is 0 Å². The summed E-state index contributed by atoms with van der Waals surface area (Å²) >= 11 is 0. The first kappa shape index (κ1) is 20.9. The fourth-order valence-electron chi connectivity index (χ4n) is 3.31. The van der Waals surface area contributed by atoms with E-state index in [0.29, 0.717) is 12.0 Å². The van der Waals surface area contributed by atoms with Crippen LogP contribution >= 0.6 is 24.0 Å². The van der Waals surface area contributed by atoms with Crippen molar-refractivity contribution in [1.82, 2.24) is 20.0 Å². The third kappa shape index (κ3) is 6.36. The van der Waals surface area contributed by atoms with Crippen molar-refractivity contribution in [1.29, 1.82) is 0 Å². The Labute approximate surface area is 158 Å². The van der Waals surface area contributed by atoms with Crippen LogP contribution in [0, 0.1) is 5.92 Å². The number of ether oxygens (including phenoxy) is 1. The second-order valence-electron chi connectivity index (χ2n) is 6.65. The van der Waals surface area contributed by atoms with Gasteiger partial charge in [-0.2, -0.15) is 0 Å². The first-order valence-corrected chi connectivity index (χ1v) is 8.55. The maximum Gasteiger partial charge on any atom is 0.193 e. The highest BCUT2D eigenvalue weighted by atomic mass is 127. The Morgan fingerprint density at radius 1 is 1.22 bits per heavy atom. The number of likely N-dealkylation sites (tertiary alicyclic amines) is 1. The third-order valence-electron chi connectivity index (χ3n) is 4.75. The summed E-state index contributed by atoms with van der Waals surface area (Å²) in [5.74, 6) is 1.71. The van der Waals surface area contributed by atoms with E-state index in [1.54, 1.807) is 7.11 Å². The third-order valence-corrected chi connectivity index (χ3v) is 4.75. The summed E-state index contributed by atoms with van der Waals surface area (Å²) in [6.07, 6.45) is 1.20. The molecule has 2 unspecified atom stereocenters. The van der Waals surface area contributed by atoms with E-state index < -0.39 is 0 Å². The minimum absolute atomic E-state index is 0. The van der Waals surface area contributed by atoms with Crippen LogP contribution in [0.2, 0.25) is 0 Å². The summed E-state index contributed by atoms with van der Waals surface area (Å²) in [6.45, 7) is 10.3. The SMILES string of the molecule is CCNC(=NCC1CN(C)CCN1C)N1CCC(COC)C1.I. The van der Waals surface area contributed by atoms with Crippen LogP contribution < -0.4 is 5.32 Å². The number of halogens is 1. The second-order valence-corrected chi connectivity index (χ2v) is 6.65. The van der Waals surface area contributed by atoms with Gasteiger partial charge in [-0.1, -0.05) is 0 Å². The number of nitrogens with zero attached hydrogens (tertiary/aromatic N) is 4. The largest absolute Gasteiger partial charge is 0.384 e. The molecule has 1 N–H and O–H groups in total. The fourth-order valence-corrected chi connectivity index (χ4v) is 3.31. The van der Waals surface area contributed by atoms with Gasteiger partial charge in [-0.05, 0) is 27.4 Å². The summed E-state index contributed by atoms with van der Waals surface area (Å²) in [6, 6.07) is 0.518. The highest BCUT2D eigenvalue weighted by Gasteiger charge is 2.26. The molecule has 0 spiro atoms. The molecule has 2 heterocycles. The predicted octanol–water partition coefficient (Wildman–Crippen LogP) is 0.784. The minimum Gasteiger partial charge on any atom is -0.384 e. The first-order chi connectivity index (χ1) is 10.6. The molecule has 136 valence electrons. The molecule has 6 nitrogen and oxygen atoms in total. The Balaban J connectivity index is 0.00000264. The lowest BCUT2D eigenvalue weighted by Crippen LogP contribution is -2.51. The van der Waals surface area contributed by atoms with Crippen molar-refractivity contribution in [2.75, 3.05) is 73.6 Å². The lowest BCUT2D eigenvalue weighted by molar-refractivity contribution is 0.119. The zero-order valence-corrected chi connectivity index (χ0v) is 17.5. The van der Waals surface area contributed by atoms with Crippen LogP contribution in [-0.4, -0.2) is 100 Å². The topological polar surface area (TPSA) is 43.3 Å². The maximum atomic E-state index is 5.30. The van der Waals surface area contributed by atoms with Crippen molar-refractivity contribution in [2.24, 2.45) is 10.9 Å². The van der Waals surface area contributed by atoms with Gasteiger partial charge in [0.2, 0.25) is 0 Å². The number of hydrogen-bond acceptors (Lipinski definition) is 4. The molecule has 0 radical (unpaired) electrons. The van der Waals surface area contributed by atoms with E-state index in [9.17, 15) is 0 Å². The number of likely N-dealkylation sites (N-methyl/N-ethyl adjacent to an activating group) is 2. The van der Waals surface area contributed by atoms with Gasteiger partial charge in [0.05, 0.1) is 13.2 Å². The molecule has 0 bridgehead atoms. The Morgan fingerprint density at radius 3 is 2.70 bits per heavy atom. The normalized spacial score (nSPS) is 27.1.